The number of nitro groups is 1. The molecule has 0 heterocycles. The first kappa shape index (κ1) is 15.4. The lowest BCUT2D eigenvalue weighted by molar-refractivity contribution is -0.385. The van der Waals surface area contributed by atoms with Gasteiger partial charge in [-0.05, 0) is 22.0 Å². The number of hydrogen-bond donors (Lipinski definition) is 1. The molecule has 0 aliphatic carbocycles. The first-order chi connectivity index (χ1) is 9.04. The largest absolute Gasteiger partial charge is 0.482 e. The lowest BCUT2D eigenvalue weighted by Crippen LogP contribution is -2.31. The van der Waals surface area contributed by atoms with Gasteiger partial charge in [0.2, 0.25) is 0 Å². The number of nitrogens with zero attached hydrogens (tertiary/aromatic N) is 1. The Balaban J connectivity index is 2.54. The Morgan fingerprint density at radius 1 is 1.53 bits per heavy atom. The molecule has 1 N–H and O–H groups in total. The molecule has 0 atom stereocenters. The average molecular weight is 333 g/mol. The van der Waals surface area contributed by atoms with E-state index < -0.39 is 4.92 Å². The van der Waals surface area contributed by atoms with Gasteiger partial charge in [0.05, 0.1) is 22.1 Å². The number of halogens is 1. The van der Waals surface area contributed by atoms with E-state index in [4.69, 9.17) is 9.47 Å². The fraction of sp³-hybridized carbons (Fsp3) is 0.364. The van der Waals surface area contributed by atoms with Crippen molar-refractivity contribution in [2.75, 3.05) is 26.9 Å². The van der Waals surface area contributed by atoms with Crippen molar-refractivity contribution in [3.8, 4) is 5.75 Å². The molecule has 0 aliphatic rings. The molecular formula is C11H13BrN2O5. The fourth-order valence-corrected chi connectivity index (χ4v) is 1.56. The fourth-order valence-electron chi connectivity index (χ4n) is 1.20. The second kappa shape index (κ2) is 7.70. The number of amides is 1. The number of nitro benzene ring substituents is 1. The number of benzene rings is 1. The molecule has 1 aromatic rings. The van der Waals surface area contributed by atoms with Gasteiger partial charge in [-0.15, -0.1) is 0 Å². The predicted molar refractivity (Wildman–Crippen MR) is 71.2 cm³/mol. The van der Waals surface area contributed by atoms with Crippen LogP contribution in [0.5, 0.6) is 5.75 Å². The standard InChI is InChI=1S/C11H13BrN2O5/c1-18-5-4-13-11(15)7-19-10-6-8(14(16)17)2-3-9(10)12/h2-3,6H,4-5,7H2,1H3,(H,13,15). The van der Waals surface area contributed by atoms with Crippen LogP contribution in [0.1, 0.15) is 0 Å². The third-order valence-corrected chi connectivity index (χ3v) is 2.77. The third-order valence-electron chi connectivity index (χ3n) is 2.11. The molecule has 19 heavy (non-hydrogen) atoms. The number of methoxy groups -OCH3 is 1. The topological polar surface area (TPSA) is 90.7 Å². The van der Waals surface area contributed by atoms with Gasteiger partial charge in [0.1, 0.15) is 5.75 Å². The zero-order valence-corrected chi connectivity index (χ0v) is 11.8. The van der Waals surface area contributed by atoms with Crippen LogP contribution in [0.15, 0.2) is 22.7 Å². The SMILES string of the molecule is COCCNC(=O)COc1cc([N+](=O)[O-])ccc1Br. The minimum absolute atomic E-state index is 0.0991. The third kappa shape index (κ3) is 5.23. The molecule has 0 unspecified atom stereocenters. The molecule has 0 aromatic heterocycles. The van der Waals surface area contributed by atoms with Crippen molar-refractivity contribution in [1.82, 2.24) is 5.32 Å². The highest BCUT2D eigenvalue weighted by Crippen LogP contribution is 2.29. The summed E-state index contributed by atoms with van der Waals surface area (Å²) in [6.07, 6.45) is 0. The van der Waals surface area contributed by atoms with Crippen LogP contribution in [0, 0.1) is 10.1 Å². The van der Waals surface area contributed by atoms with Crippen molar-refractivity contribution in [3.63, 3.8) is 0 Å². The summed E-state index contributed by atoms with van der Waals surface area (Å²) in [5.74, 6) is -0.0773. The highest BCUT2D eigenvalue weighted by molar-refractivity contribution is 9.10. The van der Waals surface area contributed by atoms with Crippen LogP contribution < -0.4 is 10.1 Å². The molecule has 0 aliphatic heterocycles. The zero-order valence-electron chi connectivity index (χ0n) is 10.2. The van der Waals surface area contributed by atoms with Gasteiger partial charge >= 0.3 is 0 Å². The Labute approximate surface area is 118 Å². The van der Waals surface area contributed by atoms with Crippen LogP contribution in [-0.2, 0) is 9.53 Å². The summed E-state index contributed by atoms with van der Waals surface area (Å²) in [7, 11) is 1.53. The molecule has 0 spiro atoms. The summed E-state index contributed by atoms with van der Waals surface area (Å²) >= 11 is 3.19. The van der Waals surface area contributed by atoms with Gasteiger partial charge in [0, 0.05) is 19.7 Å². The number of nitrogens with one attached hydrogen (secondary N) is 1. The maximum atomic E-state index is 11.4. The molecule has 104 valence electrons. The van der Waals surface area contributed by atoms with Crippen LogP contribution in [-0.4, -0.2) is 37.7 Å². The number of hydrogen-bond acceptors (Lipinski definition) is 5. The molecule has 0 bridgehead atoms. The first-order valence-electron chi connectivity index (χ1n) is 5.37. The number of ether oxygens (including phenoxy) is 2. The summed E-state index contributed by atoms with van der Waals surface area (Å²) < 4.78 is 10.5. The minimum atomic E-state index is -0.530. The molecule has 1 rings (SSSR count). The highest BCUT2D eigenvalue weighted by Gasteiger charge is 2.11. The zero-order chi connectivity index (χ0) is 14.3. The van der Waals surface area contributed by atoms with Crippen LogP contribution in [0.3, 0.4) is 0 Å². The molecule has 0 fully saturated rings. The van der Waals surface area contributed by atoms with Crippen molar-refractivity contribution in [1.29, 1.82) is 0 Å². The number of non-ortho nitro benzene ring substituents is 1. The second-order valence-corrected chi connectivity index (χ2v) is 4.36. The Morgan fingerprint density at radius 2 is 2.26 bits per heavy atom. The molecule has 0 saturated carbocycles. The summed E-state index contributed by atoms with van der Waals surface area (Å²) in [6, 6.07) is 4.10. The van der Waals surface area contributed by atoms with Gasteiger partial charge in [-0.3, -0.25) is 14.9 Å². The van der Waals surface area contributed by atoms with Crippen LogP contribution in [0.25, 0.3) is 0 Å². The van der Waals surface area contributed by atoms with E-state index in [1.54, 1.807) is 0 Å². The molecule has 1 amide bonds. The monoisotopic (exact) mass is 332 g/mol. The van der Waals surface area contributed by atoms with E-state index in [0.29, 0.717) is 17.6 Å². The van der Waals surface area contributed by atoms with Crippen molar-refractivity contribution in [2.45, 2.75) is 0 Å². The Morgan fingerprint density at radius 3 is 2.89 bits per heavy atom. The quantitative estimate of drug-likeness (QED) is 0.464. The molecule has 7 nitrogen and oxygen atoms in total. The number of rotatable bonds is 7. The van der Waals surface area contributed by atoms with Gasteiger partial charge in [0.25, 0.3) is 11.6 Å². The van der Waals surface area contributed by atoms with Crippen LogP contribution >= 0.6 is 15.9 Å². The highest BCUT2D eigenvalue weighted by atomic mass is 79.9. The predicted octanol–water partition coefficient (Wildman–Crippen LogP) is 1.50. The van der Waals surface area contributed by atoms with E-state index in [9.17, 15) is 14.9 Å². The van der Waals surface area contributed by atoms with Gasteiger partial charge in [-0.1, -0.05) is 0 Å². The number of carbonyl (C=O) groups is 1. The summed E-state index contributed by atoms with van der Waals surface area (Å²) in [5.41, 5.74) is -0.0991. The van der Waals surface area contributed by atoms with Crippen molar-refractivity contribution < 1.29 is 19.2 Å². The van der Waals surface area contributed by atoms with E-state index in [2.05, 4.69) is 21.2 Å². The summed E-state index contributed by atoms with van der Waals surface area (Å²) in [6.45, 7) is 0.574. The van der Waals surface area contributed by atoms with E-state index in [1.165, 1.54) is 25.3 Å². The van der Waals surface area contributed by atoms with Crippen molar-refractivity contribution >= 4 is 27.5 Å². The van der Waals surface area contributed by atoms with E-state index in [1.807, 2.05) is 0 Å². The summed E-state index contributed by atoms with van der Waals surface area (Å²) in [4.78, 5) is 21.5. The van der Waals surface area contributed by atoms with Gasteiger partial charge in [-0.25, -0.2) is 0 Å². The van der Waals surface area contributed by atoms with Gasteiger partial charge in [-0.2, -0.15) is 0 Å². The Hall–Kier alpha value is -1.67. The van der Waals surface area contributed by atoms with Gasteiger partial charge in [0.15, 0.2) is 6.61 Å². The van der Waals surface area contributed by atoms with E-state index in [-0.39, 0.29) is 24.0 Å². The maximum Gasteiger partial charge on any atom is 0.273 e. The molecular weight excluding hydrogens is 320 g/mol. The van der Waals surface area contributed by atoms with Crippen LogP contribution in [0.2, 0.25) is 0 Å². The molecule has 0 radical (unpaired) electrons. The van der Waals surface area contributed by atoms with Crippen molar-refractivity contribution in [3.05, 3.63) is 32.8 Å². The smallest absolute Gasteiger partial charge is 0.273 e. The Bertz CT molecular complexity index is 466. The van der Waals surface area contributed by atoms with Gasteiger partial charge < -0.3 is 14.8 Å². The van der Waals surface area contributed by atoms with Crippen LogP contribution in [0.4, 0.5) is 5.69 Å². The van der Waals surface area contributed by atoms with E-state index >= 15 is 0 Å². The van der Waals surface area contributed by atoms with E-state index in [0.717, 1.165) is 0 Å². The molecule has 8 heteroatoms. The number of carbonyl (C=O) groups excluding carboxylic acids is 1. The minimum Gasteiger partial charge on any atom is -0.482 e. The first-order valence-corrected chi connectivity index (χ1v) is 6.16. The normalized spacial score (nSPS) is 10.0. The second-order valence-electron chi connectivity index (χ2n) is 3.50. The average Bonchev–Trinajstić information content (AvgIpc) is 2.37. The van der Waals surface area contributed by atoms with Crippen molar-refractivity contribution in [2.24, 2.45) is 0 Å². The lowest BCUT2D eigenvalue weighted by Gasteiger charge is -2.08. The summed E-state index contributed by atoms with van der Waals surface area (Å²) in [5, 5.41) is 13.2. The molecule has 1 aromatic carbocycles. The molecule has 0 saturated heterocycles. The maximum absolute atomic E-state index is 11.4. The Kier molecular flexibility index (Phi) is 6.23. The lowest BCUT2D eigenvalue weighted by atomic mass is 10.3.